The van der Waals surface area contributed by atoms with Gasteiger partial charge in [0.2, 0.25) is 0 Å². The Balaban J connectivity index is 2.36. The number of fused-ring (bicyclic) bond motifs is 1. The third kappa shape index (κ3) is 1.48. The molecule has 0 spiro atoms. The van der Waals surface area contributed by atoms with Crippen molar-refractivity contribution in [2.24, 2.45) is 11.1 Å². The Morgan fingerprint density at radius 1 is 1.69 bits per heavy atom. The molecular weight excluding hydrogens is 162 g/mol. The van der Waals surface area contributed by atoms with Gasteiger partial charge < -0.3 is 5.73 Å². The second-order valence-corrected chi connectivity index (χ2v) is 4.78. The van der Waals surface area contributed by atoms with E-state index in [1.165, 1.54) is 17.7 Å². The van der Waals surface area contributed by atoms with Gasteiger partial charge in [0.15, 0.2) is 0 Å². The van der Waals surface area contributed by atoms with Crippen molar-refractivity contribution in [3.63, 3.8) is 0 Å². The van der Waals surface area contributed by atoms with Gasteiger partial charge in [-0.15, -0.1) is 0 Å². The third-order valence-electron chi connectivity index (χ3n) is 2.93. The largest absolute Gasteiger partial charge is 0.330 e. The highest BCUT2D eigenvalue weighted by molar-refractivity contribution is 5.26. The first-order chi connectivity index (χ1) is 6.12. The van der Waals surface area contributed by atoms with Crippen LogP contribution in [0.4, 0.5) is 0 Å². The monoisotopic (exact) mass is 179 g/mol. The molecule has 0 saturated heterocycles. The quantitative estimate of drug-likeness (QED) is 0.685. The van der Waals surface area contributed by atoms with Crippen molar-refractivity contribution in [3.05, 3.63) is 17.5 Å². The summed E-state index contributed by atoms with van der Waals surface area (Å²) in [7, 11) is 0. The van der Waals surface area contributed by atoms with Crippen LogP contribution in [0.1, 0.15) is 37.4 Å². The van der Waals surface area contributed by atoms with Crippen LogP contribution >= 0.6 is 0 Å². The zero-order valence-corrected chi connectivity index (χ0v) is 8.30. The zero-order chi connectivity index (χ0) is 9.47. The highest BCUT2D eigenvalue weighted by Gasteiger charge is 2.32. The second kappa shape index (κ2) is 2.84. The van der Waals surface area contributed by atoms with E-state index in [1.54, 1.807) is 0 Å². The van der Waals surface area contributed by atoms with Gasteiger partial charge in [-0.25, -0.2) is 0 Å². The number of aromatic nitrogens is 2. The van der Waals surface area contributed by atoms with Crippen molar-refractivity contribution < 1.29 is 0 Å². The van der Waals surface area contributed by atoms with Crippen LogP contribution < -0.4 is 5.73 Å². The fraction of sp³-hybridized carbons (Fsp3) is 0.700. The molecule has 2 rings (SSSR count). The first-order valence-corrected chi connectivity index (χ1v) is 4.84. The van der Waals surface area contributed by atoms with Crippen LogP contribution in [0.2, 0.25) is 0 Å². The number of nitrogens with two attached hydrogens (primary N) is 1. The molecular formula is C10H17N3. The Morgan fingerprint density at radius 2 is 2.46 bits per heavy atom. The number of aromatic amines is 1. The minimum absolute atomic E-state index is 0.365. The van der Waals surface area contributed by atoms with Crippen molar-refractivity contribution in [1.82, 2.24) is 10.2 Å². The Morgan fingerprint density at radius 3 is 3.15 bits per heavy atom. The zero-order valence-electron chi connectivity index (χ0n) is 8.30. The van der Waals surface area contributed by atoms with Crippen molar-refractivity contribution in [2.45, 2.75) is 32.6 Å². The number of H-pyrrole nitrogens is 1. The van der Waals surface area contributed by atoms with E-state index in [1.807, 2.05) is 6.20 Å². The summed E-state index contributed by atoms with van der Waals surface area (Å²) in [5, 5.41) is 7.16. The molecule has 3 nitrogen and oxygen atoms in total. The van der Waals surface area contributed by atoms with E-state index in [4.69, 9.17) is 5.73 Å². The number of nitrogens with zero attached hydrogens (tertiary/aromatic N) is 1. The minimum Gasteiger partial charge on any atom is -0.330 e. The molecule has 0 aromatic carbocycles. The van der Waals surface area contributed by atoms with Crippen LogP contribution in [-0.4, -0.2) is 16.7 Å². The molecule has 3 heteroatoms. The molecule has 1 aliphatic carbocycles. The highest BCUT2D eigenvalue weighted by Crippen LogP contribution is 2.40. The minimum atomic E-state index is 0.365. The average Bonchev–Trinajstić information content (AvgIpc) is 2.48. The molecule has 1 aliphatic rings. The van der Waals surface area contributed by atoms with E-state index in [2.05, 4.69) is 24.0 Å². The molecule has 1 unspecified atom stereocenters. The van der Waals surface area contributed by atoms with Crippen molar-refractivity contribution in [1.29, 1.82) is 0 Å². The normalized spacial score (nSPS) is 25.6. The van der Waals surface area contributed by atoms with Gasteiger partial charge in [-0.2, -0.15) is 5.10 Å². The van der Waals surface area contributed by atoms with E-state index < -0.39 is 0 Å². The summed E-state index contributed by atoms with van der Waals surface area (Å²) in [4.78, 5) is 0. The second-order valence-electron chi connectivity index (χ2n) is 4.78. The van der Waals surface area contributed by atoms with E-state index in [0.29, 0.717) is 11.3 Å². The van der Waals surface area contributed by atoms with Crippen molar-refractivity contribution in [2.75, 3.05) is 6.54 Å². The molecule has 0 amide bonds. The number of rotatable bonds is 1. The van der Waals surface area contributed by atoms with Gasteiger partial charge in [0.1, 0.15) is 0 Å². The van der Waals surface area contributed by atoms with Gasteiger partial charge in [-0.05, 0) is 30.4 Å². The van der Waals surface area contributed by atoms with E-state index >= 15 is 0 Å². The van der Waals surface area contributed by atoms with Gasteiger partial charge in [0.25, 0.3) is 0 Å². The molecule has 0 fully saturated rings. The first-order valence-electron chi connectivity index (χ1n) is 4.84. The standard InChI is InChI=1S/C10H17N3/c1-10(2)3-7(5-11)8-6-12-13-9(8)4-10/h6-7H,3-5,11H2,1-2H3,(H,12,13). The average molecular weight is 179 g/mol. The Hall–Kier alpha value is -0.830. The van der Waals surface area contributed by atoms with Crippen LogP contribution in [0.5, 0.6) is 0 Å². The van der Waals surface area contributed by atoms with Crippen LogP contribution in [0.25, 0.3) is 0 Å². The summed E-state index contributed by atoms with van der Waals surface area (Å²) in [6, 6.07) is 0. The first kappa shape index (κ1) is 8.75. The molecule has 0 radical (unpaired) electrons. The van der Waals surface area contributed by atoms with Gasteiger partial charge in [0.05, 0.1) is 6.20 Å². The lowest BCUT2D eigenvalue weighted by Crippen LogP contribution is -2.28. The fourth-order valence-electron chi connectivity index (χ4n) is 2.35. The summed E-state index contributed by atoms with van der Waals surface area (Å²) in [5.41, 5.74) is 8.74. The molecule has 1 aromatic heterocycles. The molecule has 72 valence electrons. The molecule has 3 N–H and O–H groups in total. The molecule has 0 aliphatic heterocycles. The van der Waals surface area contributed by atoms with Crippen molar-refractivity contribution >= 4 is 0 Å². The predicted octanol–water partition coefficient (Wildman–Crippen LogP) is 1.42. The van der Waals surface area contributed by atoms with Crippen LogP contribution in [-0.2, 0) is 6.42 Å². The van der Waals surface area contributed by atoms with Crippen LogP contribution in [0.3, 0.4) is 0 Å². The van der Waals surface area contributed by atoms with Gasteiger partial charge >= 0.3 is 0 Å². The maximum absolute atomic E-state index is 5.76. The topological polar surface area (TPSA) is 54.7 Å². The summed E-state index contributed by atoms with van der Waals surface area (Å²) in [6.07, 6.45) is 4.21. The lowest BCUT2D eigenvalue weighted by atomic mass is 9.71. The lowest BCUT2D eigenvalue weighted by Gasteiger charge is -2.34. The van der Waals surface area contributed by atoms with Crippen LogP contribution in [0.15, 0.2) is 6.20 Å². The maximum atomic E-state index is 5.76. The number of nitrogens with one attached hydrogen (secondary N) is 1. The highest BCUT2D eigenvalue weighted by atomic mass is 15.1. The Kier molecular flexibility index (Phi) is 1.91. The molecule has 1 heterocycles. The van der Waals surface area contributed by atoms with E-state index in [0.717, 1.165) is 13.0 Å². The van der Waals surface area contributed by atoms with Gasteiger partial charge in [-0.3, -0.25) is 5.10 Å². The SMILES string of the molecule is CC1(C)Cc2[nH]ncc2C(CN)C1. The Labute approximate surface area is 78.7 Å². The summed E-state index contributed by atoms with van der Waals surface area (Å²) in [6.45, 7) is 5.31. The van der Waals surface area contributed by atoms with Crippen molar-refractivity contribution in [3.8, 4) is 0 Å². The summed E-state index contributed by atoms with van der Waals surface area (Å²) < 4.78 is 0. The van der Waals surface area contributed by atoms with E-state index in [-0.39, 0.29) is 0 Å². The summed E-state index contributed by atoms with van der Waals surface area (Å²) in [5.74, 6) is 0.498. The molecule has 13 heavy (non-hydrogen) atoms. The molecule has 0 saturated carbocycles. The smallest absolute Gasteiger partial charge is 0.0525 e. The molecule has 1 atom stereocenters. The Bertz CT molecular complexity index is 301. The number of hydrogen-bond acceptors (Lipinski definition) is 2. The van der Waals surface area contributed by atoms with Gasteiger partial charge in [-0.1, -0.05) is 13.8 Å². The molecule has 1 aromatic rings. The lowest BCUT2D eigenvalue weighted by molar-refractivity contribution is 0.280. The summed E-state index contributed by atoms with van der Waals surface area (Å²) >= 11 is 0. The van der Waals surface area contributed by atoms with E-state index in [9.17, 15) is 0 Å². The van der Waals surface area contributed by atoms with Gasteiger partial charge in [0, 0.05) is 11.6 Å². The maximum Gasteiger partial charge on any atom is 0.0525 e. The number of hydrogen-bond donors (Lipinski definition) is 2. The molecule has 0 bridgehead atoms. The predicted molar refractivity (Wildman–Crippen MR) is 52.5 cm³/mol. The third-order valence-corrected chi connectivity index (χ3v) is 2.93. The van der Waals surface area contributed by atoms with Crippen LogP contribution in [0, 0.1) is 5.41 Å². The fourth-order valence-corrected chi connectivity index (χ4v) is 2.35.